The van der Waals surface area contributed by atoms with Crippen molar-refractivity contribution in [1.29, 1.82) is 0 Å². The van der Waals surface area contributed by atoms with Crippen molar-refractivity contribution in [3.8, 4) is 11.5 Å². The minimum Gasteiger partial charge on any atom is -0.493 e. The molecular weight excluding hydrogens is 564 g/mol. The van der Waals surface area contributed by atoms with E-state index in [1.165, 1.54) is 19.4 Å². The number of rotatable bonds is 14. The van der Waals surface area contributed by atoms with Crippen molar-refractivity contribution in [2.45, 2.75) is 51.9 Å². The second kappa shape index (κ2) is 17.0. The monoisotopic (exact) mass is 602 g/mol. The first-order valence-electron chi connectivity index (χ1n) is 14.0. The van der Waals surface area contributed by atoms with Gasteiger partial charge >= 0.3 is 17.9 Å². The Morgan fingerprint density at radius 3 is 2.56 bits per heavy atom. The molecule has 4 atom stereocenters. The Hall–Kier alpha value is -4.23. The quantitative estimate of drug-likeness (QED) is 0.191. The molecule has 0 bridgehead atoms. The molecule has 1 saturated heterocycles. The average Bonchev–Trinajstić information content (AvgIpc) is 3.04. The number of carbonyl (C=O) groups is 4. The lowest BCUT2D eigenvalue weighted by atomic mass is 9.91. The van der Waals surface area contributed by atoms with Crippen molar-refractivity contribution in [3.05, 3.63) is 53.9 Å². The van der Waals surface area contributed by atoms with E-state index < -0.39 is 61.4 Å². The summed E-state index contributed by atoms with van der Waals surface area (Å²) in [5.41, 5.74) is 0.621. The molecule has 1 aromatic carbocycles. The summed E-state index contributed by atoms with van der Waals surface area (Å²) in [5.74, 6) is -3.72. The smallest absolute Gasteiger partial charge is 0.334 e. The molecule has 1 amide bonds. The van der Waals surface area contributed by atoms with E-state index in [-0.39, 0.29) is 23.8 Å². The fourth-order valence-corrected chi connectivity index (χ4v) is 4.31. The Balaban J connectivity index is 1.78. The summed E-state index contributed by atoms with van der Waals surface area (Å²) < 4.78 is 37.9. The lowest BCUT2D eigenvalue weighted by molar-refractivity contribution is -0.164. The maximum Gasteiger partial charge on any atom is 0.334 e. The third kappa shape index (κ3) is 9.65. The van der Waals surface area contributed by atoms with Crippen LogP contribution in [0.3, 0.4) is 0 Å². The first-order chi connectivity index (χ1) is 20.8. The van der Waals surface area contributed by atoms with Crippen LogP contribution in [-0.4, -0.2) is 87.4 Å². The molecule has 0 spiro atoms. The number of hydrogen-bond donors (Lipinski definition) is 1. The summed E-state index contributed by atoms with van der Waals surface area (Å²) >= 11 is 0. The first-order valence-corrected chi connectivity index (χ1v) is 14.0. The lowest BCUT2D eigenvalue weighted by Gasteiger charge is -2.29. The summed E-state index contributed by atoms with van der Waals surface area (Å²) in [6.07, 6.45) is 0.674. The van der Waals surface area contributed by atoms with Crippen LogP contribution in [0.4, 0.5) is 0 Å². The van der Waals surface area contributed by atoms with E-state index >= 15 is 0 Å². The molecule has 1 N–H and O–H groups in total. The average molecular weight is 603 g/mol. The molecule has 0 radical (unpaired) electrons. The minimum atomic E-state index is -1.37. The largest absolute Gasteiger partial charge is 0.493 e. The molecule has 0 saturated carbocycles. The zero-order valence-corrected chi connectivity index (χ0v) is 24.7. The summed E-state index contributed by atoms with van der Waals surface area (Å²) in [5, 5.41) is 2.51. The molecule has 13 heteroatoms. The highest BCUT2D eigenvalue weighted by Gasteiger charge is 2.40. The molecule has 0 aliphatic carbocycles. The zero-order valence-electron chi connectivity index (χ0n) is 24.7. The molecule has 2 heterocycles. The van der Waals surface area contributed by atoms with Crippen molar-refractivity contribution in [2.24, 2.45) is 5.92 Å². The molecule has 13 nitrogen and oxygen atoms in total. The molecule has 1 aliphatic heterocycles. The topological polar surface area (TPSA) is 158 Å². The standard InChI is InChI=1S/C30H38N2O11/c1-5-14-39-26-19(3)43-30(36)22(16-40-29(35)21(26)15-20-10-8-7-9-11-20)32-28(34)25-27(23(37-4)12-13-31-25)42-18-41-24(33)17-38-6-2/h7-13,19,21-22,26H,5-6,14-18H2,1-4H3,(H,32,34)/t19-,21+,22-,26-/m0/s1. The summed E-state index contributed by atoms with van der Waals surface area (Å²) in [4.78, 5) is 55.7. The SMILES string of the molecule is CCCO[C@H]1[C@H](C)OC(=O)[C@@H](NC(=O)c2nccc(OC)c2OCOC(=O)COCC)COC(=O)[C@@H]1Cc1ccccc1. The van der Waals surface area contributed by atoms with Gasteiger partial charge in [-0.1, -0.05) is 37.3 Å². The van der Waals surface area contributed by atoms with Crippen LogP contribution >= 0.6 is 0 Å². The molecule has 43 heavy (non-hydrogen) atoms. The number of nitrogens with zero attached hydrogens (tertiary/aromatic N) is 1. The van der Waals surface area contributed by atoms with Gasteiger partial charge in [-0.25, -0.2) is 14.6 Å². The highest BCUT2D eigenvalue weighted by atomic mass is 16.7. The van der Waals surface area contributed by atoms with Crippen LogP contribution in [0.15, 0.2) is 42.6 Å². The number of benzene rings is 1. The van der Waals surface area contributed by atoms with Gasteiger partial charge in [-0.2, -0.15) is 0 Å². The fourth-order valence-electron chi connectivity index (χ4n) is 4.31. The number of amides is 1. The minimum absolute atomic E-state index is 0.123. The Bertz CT molecular complexity index is 1220. The lowest BCUT2D eigenvalue weighted by Crippen LogP contribution is -2.46. The van der Waals surface area contributed by atoms with Gasteiger partial charge in [0.2, 0.25) is 6.79 Å². The Morgan fingerprint density at radius 2 is 1.86 bits per heavy atom. The Morgan fingerprint density at radius 1 is 1.09 bits per heavy atom. The van der Waals surface area contributed by atoms with E-state index in [1.54, 1.807) is 13.8 Å². The van der Waals surface area contributed by atoms with Gasteiger partial charge in [-0.05, 0) is 32.3 Å². The maximum absolute atomic E-state index is 13.3. The molecule has 3 rings (SSSR count). The Kier molecular flexibility index (Phi) is 13.2. The van der Waals surface area contributed by atoms with Crippen LogP contribution in [0.25, 0.3) is 0 Å². The second-order valence-corrected chi connectivity index (χ2v) is 9.54. The third-order valence-electron chi connectivity index (χ3n) is 6.41. The van der Waals surface area contributed by atoms with E-state index in [2.05, 4.69) is 10.3 Å². The van der Waals surface area contributed by atoms with Gasteiger partial charge in [-0.3, -0.25) is 9.59 Å². The number of esters is 3. The van der Waals surface area contributed by atoms with E-state index in [1.807, 2.05) is 37.3 Å². The predicted molar refractivity (Wildman–Crippen MR) is 150 cm³/mol. The number of ether oxygens (including phenoxy) is 7. The van der Waals surface area contributed by atoms with Gasteiger partial charge in [0.15, 0.2) is 23.2 Å². The summed E-state index contributed by atoms with van der Waals surface area (Å²) in [6.45, 7) is 4.65. The molecule has 2 aromatic rings. The Labute approximate surface area is 250 Å². The van der Waals surface area contributed by atoms with Gasteiger partial charge in [-0.15, -0.1) is 0 Å². The number of methoxy groups -OCH3 is 1. The second-order valence-electron chi connectivity index (χ2n) is 9.54. The third-order valence-corrected chi connectivity index (χ3v) is 6.41. The molecule has 1 fully saturated rings. The highest BCUT2D eigenvalue weighted by Crippen LogP contribution is 2.30. The van der Waals surface area contributed by atoms with Crippen molar-refractivity contribution in [1.82, 2.24) is 10.3 Å². The van der Waals surface area contributed by atoms with Gasteiger partial charge in [0.25, 0.3) is 5.91 Å². The van der Waals surface area contributed by atoms with E-state index in [0.717, 1.165) is 5.56 Å². The van der Waals surface area contributed by atoms with Gasteiger partial charge in [0.05, 0.1) is 13.0 Å². The van der Waals surface area contributed by atoms with Crippen molar-refractivity contribution < 1.29 is 52.3 Å². The molecule has 0 unspecified atom stereocenters. The first kappa shape index (κ1) is 33.3. The predicted octanol–water partition coefficient (Wildman–Crippen LogP) is 2.25. The molecule has 1 aliphatic rings. The van der Waals surface area contributed by atoms with Crippen LogP contribution in [0, 0.1) is 5.92 Å². The molecular formula is C30H38N2O11. The van der Waals surface area contributed by atoms with Crippen molar-refractivity contribution >= 4 is 23.8 Å². The van der Waals surface area contributed by atoms with Crippen LogP contribution in [0.1, 0.15) is 43.2 Å². The van der Waals surface area contributed by atoms with E-state index in [9.17, 15) is 19.2 Å². The summed E-state index contributed by atoms with van der Waals surface area (Å²) in [7, 11) is 1.35. The molecule has 1 aromatic heterocycles. The zero-order chi connectivity index (χ0) is 31.2. The van der Waals surface area contributed by atoms with Gasteiger partial charge < -0.3 is 38.5 Å². The number of cyclic esters (lactones) is 2. The summed E-state index contributed by atoms with van der Waals surface area (Å²) in [6, 6.07) is 9.44. The number of nitrogens with one attached hydrogen (secondary N) is 1. The van der Waals surface area contributed by atoms with E-state index in [0.29, 0.717) is 26.1 Å². The van der Waals surface area contributed by atoms with Crippen molar-refractivity contribution in [3.63, 3.8) is 0 Å². The molecule has 234 valence electrons. The number of aromatic nitrogens is 1. The highest BCUT2D eigenvalue weighted by molar-refractivity contribution is 5.98. The van der Waals surface area contributed by atoms with Crippen molar-refractivity contribution in [2.75, 3.05) is 40.3 Å². The van der Waals surface area contributed by atoms with Crippen LogP contribution in [0.2, 0.25) is 0 Å². The number of pyridine rings is 1. The van der Waals surface area contributed by atoms with Gasteiger partial charge in [0, 0.05) is 25.5 Å². The number of hydrogen-bond acceptors (Lipinski definition) is 12. The van der Waals surface area contributed by atoms with E-state index in [4.69, 9.17) is 33.2 Å². The van der Waals surface area contributed by atoms with Crippen LogP contribution < -0.4 is 14.8 Å². The number of carbonyl (C=O) groups excluding carboxylic acids is 4. The van der Waals surface area contributed by atoms with Gasteiger partial charge in [0.1, 0.15) is 25.4 Å². The van der Waals surface area contributed by atoms with Crippen LogP contribution in [-0.2, 0) is 44.5 Å². The van der Waals surface area contributed by atoms with Crippen LogP contribution in [0.5, 0.6) is 11.5 Å². The normalized spacial score (nSPS) is 20.5. The fraction of sp³-hybridized carbons (Fsp3) is 0.500. The maximum atomic E-state index is 13.3.